The van der Waals surface area contributed by atoms with Crippen molar-refractivity contribution in [1.29, 1.82) is 0 Å². The first-order valence-electron chi connectivity index (χ1n) is 14.5. The fourth-order valence-electron chi connectivity index (χ4n) is 6.03. The molecular formula is C31H38ClN3O8S2. The number of amides is 1. The minimum Gasteiger partial charge on any atom is -0.477 e. The third-order valence-electron chi connectivity index (χ3n) is 8.18. The van der Waals surface area contributed by atoms with Crippen LogP contribution in [0, 0.1) is 5.92 Å². The summed E-state index contributed by atoms with van der Waals surface area (Å²) in [5.41, 5.74) is -1.98. The van der Waals surface area contributed by atoms with E-state index in [0.717, 1.165) is 34.9 Å². The first-order valence-corrected chi connectivity index (χ1v) is 17.2. The van der Waals surface area contributed by atoms with Crippen LogP contribution in [0.3, 0.4) is 0 Å². The lowest BCUT2D eigenvalue weighted by molar-refractivity contribution is -0.180. The van der Waals surface area contributed by atoms with Crippen molar-refractivity contribution in [2.45, 2.75) is 75.3 Å². The number of nitrogens with zero attached hydrogens (tertiary/aromatic N) is 2. The molecule has 5 rings (SSSR count). The van der Waals surface area contributed by atoms with E-state index in [4.69, 9.17) is 16.3 Å². The van der Waals surface area contributed by atoms with Crippen molar-refractivity contribution in [3.63, 3.8) is 0 Å². The van der Waals surface area contributed by atoms with Crippen LogP contribution >= 0.6 is 33.7 Å². The van der Waals surface area contributed by atoms with Gasteiger partial charge in [-0.3, -0.25) is 14.4 Å². The van der Waals surface area contributed by atoms with Gasteiger partial charge in [0.2, 0.25) is 0 Å². The second kappa shape index (κ2) is 12.4. The van der Waals surface area contributed by atoms with Gasteiger partial charge in [-0.2, -0.15) is 4.31 Å². The van der Waals surface area contributed by atoms with Crippen molar-refractivity contribution < 1.29 is 38.8 Å². The largest absolute Gasteiger partial charge is 0.477 e. The molecule has 2 unspecified atom stereocenters. The molecule has 2 aliphatic rings. The molecule has 0 saturated heterocycles. The second-order valence-corrected chi connectivity index (χ2v) is 15.8. The average Bonchev–Trinajstić information content (AvgIpc) is 3.38. The number of ether oxygens (including phenoxy) is 1. The Bertz CT molecular complexity index is 1590. The van der Waals surface area contributed by atoms with Crippen molar-refractivity contribution in [1.82, 2.24) is 4.31 Å². The van der Waals surface area contributed by atoms with Gasteiger partial charge in [-0.25, -0.2) is 9.59 Å². The molecule has 1 fully saturated rings. The van der Waals surface area contributed by atoms with Crippen LogP contribution in [0.25, 0.3) is 10.4 Å². The molecule has 45 heavy (non-hydrogen) atoms. The quantitative estimate of drug-likeness (QED) is 0.157. The Balaban J connectivity index is 1.68. The molecule has 0 bridgehead atoms. The van der Waals surface area contributed by atoms with Gasteiger partial charge in [0.25, 0.3) is 0 Å². The molecule has 1 aliphatic heterocycles. The number of aliphatic hydroxyl groups is 2. The molecular weight excluding hydrogens is 642 g/mol. The van der Waals surface area contributed by atoms with Crippen LogP contribution in [0.15, 0.2) is 53.4 Å². The Morgan fingerprint density at radius 3 is 2.33 bits per heavy atom. The molecule has 1 saturated carbocycles. The number of fused-ring (bicyclic) bond motifs is 1. The second-order valence-electron chi connectivity index (χ2n) is 12.3. The van der Waals surface area contributed by atoms with Crippen LogP contribution < -0.4 is 10.2 Å². The number of halogens is 1. The van der Waals surface area contributed by atoms with E-state index in [1.807, 2.05) is 0 Å². The maximum Gasteiger partial charge on any atom is 0.412 e. The van der Waals surface area contributed by atoms with E-state index in [2.05, 4.69) is 5.32 Å². The highest BCUT2D eigenvalue weighted by Gasteiger charge is 2.57. The van der Waals surface area contributed by atoms with E-state index >= 15 is 0 Å². The van der Waals surface area contributed by atoms with Gasteiger partial charge in [-0.05, 0) is 63.9 Å². The van der Waals surface area contributed by atoms with E-state index < -0.39 is 46.3 Å². The van der Waals surface area contributed by atoms with Crippen LogP contribution in [0.4, 0.5) is 21.9 Å². The molecule has 1 aliphatic carbocycles. The lowest BCUT2D eigenvalue weighted by Crippen LogP contribution is -2.63. The summed E-state index contributed by atoms with van der Waals surface area (Å²) in [6.45, 7) is 5.04. The zero-order chi connectivity index (χ0) is 32.9. The summed E-state index contributed by atoms with van der Waals surface area (Å²) in [5, 5.41) is 36.9. The maximum atomic E-state index is 12.5. The maximum absolute atomic E-state index is 12.5. The molecule has 0 spiro atoms. The predicted octanol–water partition coefficient (Wildman–Crippen LogP) is 7.81. The van der Waals surface area contributed by atoms with Crippen LogP contribution in [-0.2, 0) is 4.74 Å². The Labute approximate surface area is 272 Å². The van der Waals surface area contributed by atoms with Crippen molar-refractivity contribution in [3.05, 3.63) is 58.4 Å². The molecule has 244 valence electrons. The smallest absolute Gasteiger partial charge is 0.412 e. The van der Waals surface area contributed by atoms with E-state index in [9.17, 15) is 34.0 Å². The number of anilines is 3. The number of likely N-dealkylation sites (N-methyl/N-ethyl adjacent to an activating group) is 1. The number of rotatable bonds is 5. The van der Waals surface area contributed by atoms with Gasteiger partial charge < -0.3 is 25.0 Å². The Hall–Kier alpha value is -2.88. The number of aliphatic hydroxyl groups excluding tert-OH is 1. The van der Waals surface area contributed by atoms with Crippen molar-refractivity contribution in [2.75, 3.05) is 17.3 Å². The van der Waals surface area contributed by atoms with Crippen molar-refractivity contribution in [2.24, 2.45) is 5.92 Å². The predicted molar refractivity (Wildman–Crippen MR) is 177 cm³/mol. The summed E-state index contributed by atoms with van der Waals surface area (Å²) >= 11 is 7.68. The van der Waals surface area contributed by atoms with E-state index in [1.165, 1.54) is 30.1 Å². The van der Waals surface area contributed by atoms with Crippen molar-refractivity contribution >= 4 is 62.8 Å². The third-order valence-corrected chi connectivity index (χ3v) is 11.6. The van der Waals surface area contributed by atoms with Crippen molar-refractivity contribution in [3.8, 4) is 10.4 Å². The van der Waals surface area contributed by atoms with Gasteiger partial charge in [0.1, 0.15) is 10.5 Å². The zero-order valence-electron chi connectivity index (χ0n) is 25.4. The minimum absolute atomic E-state index is 0.0144. The standard InChI is InChI=1S/C31H38ClN3O8S2/c1-30(2,3)43-29(39)33-22-17-24(44-26(22)27(36)37)20-15-25-23(16-21(20)32)35(19-13-9-6-10-14-19)28(38)31(40,34(4)45(25,41)42)18-11-7-5-8-12-18/h6,9-10,13-18,28,38,40-42H,5,7-8,11-12H2,1-4H3,(H,33,39)(H,36,37). The number of nitrogens with one attached hydrogen (secondary N) is 1. The number of hydrogen-bond donors (Lipinski definition) is 6. The minimum atomic E-state index is -3.97. The van der Waals surface area contributed by atoms with E-state index in [1.54, 1.807) is 51.1 Å². The van der Waals surface area contributed by atoms with Gasteiger partial charge in [0, 0.05) is 29.1 Å². The fraction of sp³-hybridized carbons (Fsp3) is 0.419. The summed E-state index contributed by atoms with van der Waals surface area (Å²) in [6, 6.07) is 13.1. The lowest BCUT2D eigenvalue weighted by atomic mass is 9.80. The highest BCUT2D eigenvalue weighted by atomic mass is 35.5. The first-order chi connectivity index (χ1) is 21.1. The summed E-state index contributed by atoms with van der Waals surface area (Å²) < 4.78 is 30.2. The van der Waals surface area contributed by atoms with Crippen LogP contribution in [0.1, 0.15) is 62.5 Å². The molecule has 2 aromatic carbocycles. The Morgan fingerprint density at radius 1 is 1.09 bits per heavy atom. The topological polar surface area (TPSA) is 163 Å². The summed E-state index contributed by atoms with van der Waals surface area (Å²) in [4.78, 5) is 26.2. The molecule has 2 heterocycles. The van der Waals surface area contributed by atoms with Gasteiger partial charge in [-0.1, -0.05) is 49.1 Å². The molecule has 0 radical (unpaired) electrons. The Kier molecular flexibility index (Phi) is 9.21. The summed E-state index contributed by atoms with van der Waals surface area (Å²) in [6.07, 6.45) is 1.34. The number of carbonyl (C=O) groups is 2. The van der Waals surface area contributed by atoms with Gasteiger partial charge >= 0.3 is 12.1 Å². The van der Waals surface area contributed by atoms with Gasteiger partial charge in [0.15, 0.2) is 12.0 Å². The molecule has 1 amide bonds. The zero-order valence-corrected chi connectivity index (χ0v) is 27.7. The highest BCUT2D eigenvalue weighted by Crippen LogP contribution is 2.64. The van der Waals surface area contributed by atoms with Gasteiger partial charge in [0.05, 0.1) is 21.3 Å². The highest BCUT2D eigenvalue weighted by molar-refractivity contribution is 8.22. The number of aromatic carboxylic acids is 1. The van der Waals surface area contributed by atoms with E-state index in [-0.39, 0.29) is 31.7 Å². The summed E-state index contributed by atoms with van der Waals surface area (Å²) in [5.74, 6) is -1.76. The molecule has 6 N–H and O–H groups in total. The van der Waals surface area contributed by atoms with Crippen LogP contribution in [0.5, 0.6) is 0 Å². The number of benzene rings is 2. The monoisotopic (exact) mass is 679 g/mol. The van der Waals surface area contributed by atoms with Crippen LogP contribution in [-0.4, -0.2) is 65.4 Å². The molecule has 14 heteroatoms. The van der Waals surface area contributed by atoms with Crippen LogP contribution in [0.2, 0.25) is 5.02 Å². The Morgan fingerprint density at radius 2 is 1.73 bits per heavy atom. The number of carboxylic acid groups (broad SMARTS) is 1. The molecule has 1 aromatic heterocycles. The SMILES string of the molecule is CN1C(O)(C2CCCCC2)C(O)N(c2ccccc2)c2cc(Cl)c(-c3cc(NC(=O)OC(C)(C)C)c(C(=O)O)s3)cc2S1(O)O. The summed E-state index contributed by atoms with van der Waals surface area (Å²) in [7, 11) is -2.59. The van der Waals surface area contributed by atoms with Gasteiger partial charge in [-0.15, -0.1) is 22.1 Å². The number of carboxylic acids is 1. The van der Waals surface area contributed by atoms with E-state index in [0.29, 0.717) is 23.4 Å². The third kappa shape index (κ3) is 6.28. The normalized spacial score (nSPS) is 23.1. The number of hydrogen-bond acceptors (Lipinski definition) is 10. The average molecular weight is 680 g/mol. The molecule has 3 aromatic rings. The number of para-hydroxylation sites is 1. The molecule has 11 nitrogen and oxygen atoms in total. The number of carbonyl (C=O) groups excluding carboxylic acids is 1. The fourth-order valence-corrected chi connectivity index (χ4v) is 8.99. The molecule has 2 atom stereocenters. The first kappa shape index (κ1) is 33.5. The lowest BCUT2D eigenvalue weighted by Gasteiger charge is -2.52. The number of thiophene rings is 1.